The van der Waals surface area contributed by atoms with E-state index in [2.05, 4.69) is 25.8 Å². The molecule has 98 valence electrons. The van der Waals surface area contributed by atoms with Gasteiger partial charge < -0.3 is 0 Å². The number of ketones is 1. The summed E-state index contributed by atoms with van der Waals surface area (Å²) in [5.41, 5.74) is 4.98. The molecule has 2 atom stereocenters. The molecule has 0 aromatic rings. The first-order valence-electron chi connectivity index (χ1n) is 7.34. The summed E-state index contributed by atoms with van der Waals surface area (Å²) < 4.78 is 0. The molecule has 2 fully saturated rings. The zero-order valence-corrected chi connectivity index (χ0v) is 11.8. The molecule has 0 radical (unpaired) electrons. The number of fused-ring (bicyclic) bond motifs is 1. The Bertz CT molecular complexity index is 456. The summed E-state index contributed by atoms with van der Waals surface area (Å²) in [6.07, 6.45) is 6.14. The van der Waals surface area contributed by atoms with Gasteiger partial charge in [-0.1, -0.05) is 19.4 Å². The Morgan fingerprint density at radius 2 is 2.00 bits per heavy atom. The second-order valence-corrected chi connectivity index (χ2v) is 6.82. The van der Waals surface area contributed by atoms with Gasteiger partial charge in [0.15, 0.2) is 11.8 Å². The smallest absolute Gasteiger partial charge is 0.171 e. The Morgan fingerprint density at radius 3 is 2.72 bits per heavy atom. The molecular weight excluding hydrogens is 222 g/mol. The van der Waals surface area contributed by atoms with Gasteiger partial charge in [0.2, 0.25) is 0 Å². The second-order valence-electron chi connectivity index (χ2n) is 6.82. The van der Waals surface area contributed by atoms with E-state index in [1.165, 1.54) is 18.6 Å². The van der Waals surface area contributed by atoms with E-state index in [0.29, 0.717) is 23.7 Å². The highest BCUT2D eigenvalue weighted by atomic mass is 16.1. The minimum absolute atomic E-state index is 0.412. The van der Waals surface area contributed by atoms with Crippen LogP contribution in [0.3, 0.4) is 0 Å². The normalized spacial score (nSPS) is 36.8. The van der Waals surface area contributed by atoms with Crippen LogP contribution in [0.2, 0.25) is 0 Å². The highest BCUT2D eigenvalue weighted by Gasteiger charge is 2.56. The Hall–Kier alpha value is -0.920. The van der Waals surface area contributed by atoms with Gasteiger partial charge >= 0.3 is 0 Å². The summed E-state index contributed by atoms with van der Waals surface area (Å²) in [5, 5.41) is 0. The zero-order chi connectivity index (χ0) is 12.9. The molecule has 0 heterocycles. The topological polar surface area (TPSA) is 31.0 Å². The highest BCUT2D eigenvalue weighted by molar-refractivity contribution is 6.01. The maximum absolute atomic E-state index is 11.5. The molecule has 3 aliphatic rings. The molecule has 0 spiro atoms. The number of rotatable bonds is 1. The third kappa shape index (κ3) is 1.86. The molecule has 0 unspecified atom stereocenters. The minimum atomic E-state index is 0.412. The van der Waals surface area contributed by atoms with Gasteiger partial charge in [-0.2, -0.15) is 0 Å². The first kappa shape index (κ1) is 12.1. The number of nitrogens with one attached hydrogen (secondary N) is 1. The Morgan fingerprint density at radius 1 is 1.22 bits per heavy atom. The van der Waals surface area contributed by atoms with Gasteiger partial charge in [0, 0.05) is 19.3 Å². The van der Waals surface area contributed by atoms with E-state index < -0.39 is 0 Å². The summed E-state index contributed by atoms with van der Waals surface area (Å²) in [6.45, 7) is 7.03. The van der Waals surface area contributed by atoms with E-state index in [1.54, 1.807) is 11.1 Å². The predicted molar refractivity (Wildman–Crippen MR) is 72.4 cm³/mol. The van der Waals surface area contributed by atoms with Gasteiger partial charge in [-0.3, -0.25) is 4.79 Å². The molecule has 2 nitrogen and oxygen atoms in total. The summed E-state index contributed by atoms with van der Waals surface area (Å²) in [5.74, 6) is 1.25. The van der Waals surface area contributed by atoms with Gasteiger partial charge in [0.05, 0.1) is 6.42 Å². The van der Waals surface area contributed by atoms with Crippen LogP contribution in [0.5, 0.6) is 0 Å². The first-order chi connectivity index (χ1) is 8.50. The lowest BCUT2D eigenvalue weighted by atomic mass is 9.93. The van der Waals surface area contributed by atoms with Crippen molar-refractivity contribution in [1.29, 1.82) is 0 Å². The van der Waals surface area contributed by atoms with Gasteiger partial charge in [0.1, 0.15) is 5.78 Å². The molecule has 0 saturated heterocycles. The van der Waals surface area contributed by atoms with Crippen molar-refractivity contribution in [2.45, 2.75) is 65.3 Å². The molecular formula is C16H24NO+. The van der Waals surface area contributed by atoms with E-state index in [1.807, 2.05) is 0 Å². The lowest BCUT2D eigenvalue weighted by Gasteiger charge is -2.15. The zero-order valence-electron chi connectivity index (χ0n) is 11.8. The third-order valence-electron chi connectivity index (χ3n) is 5.25. The average Bonchev–Trinajstić information content (AvgIpc) is 2.86. The molecule has 3 aliphatic carbocycles. The summed E-state index contributed by atoms with van der Waals surface area (Å²) >= 11 is 0. The molecule has 1 N–H and O–H groups in total. The van der Waals surface area contributed by atoms with Crippen LogP contribution in [0, 0.1) is 11.3 Å². The Balaban J connectivity index is 1.80. The van der Waals surface area contributed by atoms with Crippen molar-refractivity contribution in [2.24, 2.45) is 11.3 Å². The second kappa shape index (κ2) is 4.04. The van der Waals surface area contributed by atoms with Crippen LogP contribution in [-0.2, 0) is 4.79 Å². The number of allylic oxidation sites excluding steroid dienone is 1. The summed E-state index contributed by atoms with van der Waals surface area (Å²) in [4.78, 5) is 15.2. The number of hydrogen-bond acceptors (Lipinski definition) is 1. The van der Waals surface area contributed by atoms with Crippen LogP contribution in [0.15, 0.2) is 11.1 Å². The van der Waals surface area contributed by atoms with E-state index in [9.17, 15) is 4.79 Å². The maximum Gasteiger partial charge on any atom is 0.171 e. The third-order valence-corrected chi connectivity index (χ3v) is 5.25. The van der Waals surface area contributed by atoms with Crippen LogP contribution in [-0.4, -0.2) is 17.5 Å². The average molecular weight is 246 g/mol. The Kier molecular flexibility index (Phi) is 2.72. The molecule has 0 aliphatic heterocycles. The first-order valence-corrected chi connectivity index (χ1v) is 7.34. The number of hydrogen-bond donors (Lipinski definition) is 1. The number of Topliss-reactive ketones (excluding diaryl/α,β-unsaturated/α-hetero) is 1. The fourth-order valence-electron chi connectivity index (χ4n) is 4.13. The van der Waals surface area contributed by atoms with Crippen molar-refractivity contribution in [2.75, 3.05) is 0 Å². The largest absolute Gasteiger partial charge is 0.299 e. The molecule has 0 bridgehead atoms. The van der Waals surface area contributed by atoms with Gasteiger partial charge in [0.25, 0.3) is 0 Å². The maximum atomic E-state index is 11.5. The fraction of sp³-hybridized carbons (Fsp3) is 0.750. The van der Waals surface area contributed by atoms with Crippen molar-refractivity contribution in [3.63, 3.8) is 0 Å². The van der Waals surface area contributed by atoms with Gasteiger partial charge in [-0.15, -0.1) is 0 Å². The molecule has 0 aromatic carbocycles. The van der Waals surface area contributed by atoms with Crippen molar-refractivity contribution in [3.05, 3.63) is 11.1 Å². The van der Waals surface area contributed by atoms with Crippen molar-refractivity contribution >= 4 is 11.5 Å². The SMILES string of the molecule is CC1=C2[C@H](CC[C@@H]1[NH+]=C1CCCC(=O)C1)C2(C)C. The molecule has 2 heteroatoms. The van der Waals surface area contributed by atoms with E-state index in [-0.39, 0.29) is 0 Å². The fourth-order valence-corrected chi connectivity index (χ4v) is 4.13. The monoisotopic (exact) mass is 246 g/mol. The standard InChI is InChI=1S/C16H23NO/c1-10-14(8-7-13-15(10)16(13,2)3)17-11-5-4-6-12(18)9-11/h13-14H,4-9H2,1-3H3/p+1/t13-,14-/m0/s1. The molecule has 18 heavy (non-hydrogen) atoms. The Labute approximate surface area is 110 Å². The van der Waals surface area contributed by atoms with Crippen LogP contribution in [0.25, 0.3) is 0 Å². The van der Waals surface area contributed by atoms with Gasteiger partial charge in [-0.25, -0.2) is 4.99 Å². The van der Waals surface area contributed by atoms with E-state index in [4.69, 9.17) is 0 Å². The van der Waals surface area contributed by atoms with Crippen LogP contribution >= 0.6 is 0 Å². The number of carbonyl (C=O) groups excluding carboxylic acids is 1. The minimum Gasteiger partial charge on any atom is -0.299 e. The van der Waals surface area contributed by atoms with Crippen LogP contribution < -0.4 is 4.99 Å². The van der Waals surface area contributed by atoms with Crippen molar-refractivity contribution < 1.29 is 9.79 Å². The molecule has 3 rings (SSSR count). The predicted octanol–water partition coefficient (Wildman–Crippen LogP) is 1.79. The quantitative estimate of drug-likeness (QED) is 0.703. The summed E-state index contributed by atoms with van der Waals surface area (Å²) in [7, 11) is 0. The lowest BCUT2D eigenvalue weighted by molar-refractivity contribution is -0.496. The van der Waals surface area contributed by atoms with Crippen LogP contribution in [0.4, 0.5) is 0 Å². The number of carbonyl (C=O) groups is 1. The van der Waals surface area contributed by atoms with Crippen molar-refractivity contribution in [1.82, 2.24) is 0 Å². The summed E-state index contributed by atoms with van der Waals surface area (Å²) in [6, 6.07) is 0.499. The van der Waals surface area contributed by atoms with E-state index >= 15 is 0 Å². The van der Waals surface area contributed by atoms with Crippen molar-refractivity contribution in [3.8, 4) is 0 Å². The molecule has 0 amide bonds. The highest BCUT2D eigenvalue weighted by Crippen LogP contribution is 2.63. The van der Waals surface area contributed by atoms with Gasteiger partial charge in [-0.05, 0) is 36.7 Å². The molecule has 0 aromatic heterocycles. The van der Waals surface area contributed by atoms with E-state index in [0.717, 1.165) is 25.2 Å². The van der Waals surface area contributed by atoms with Crippen LogP contribution in [0.1, 0.15) is 59.3 Å². The lowest BCUT2D eigenvalue weighted by Crippen LogP contribution is -2.80. The molecule has 2 saturated carbocycles.